The van der Waals surface area contributed by atoms with Crippen molar-refractivity contribution in [1.82, 2.24) is 9.78 Å². The number of carbonyl (C=O) groups excluding carboxylic acids is 1. The topological polar surface area (TPSA) is 64.0 Å². The molecule has 3 aromatic rings. The Morgan fingerprint density at radius 2 is 1.77 bits per heavy atom. The normalized spacial score (nSPS) is 19.4. The van der Waals surface area contributed by atoms with Gasteiger partial charge in [-0.3, -0.25) is 9.00 Å². The molecular formula is C23H21Cl2N3O2S. The summed E-state index contributed by atoms with van der Waals surface area (Å²) >= 11 is 12.3. The highest BCUT2D eigenvalue weighted by atomic mass is 35.5. The molecule has 0 spiro atoms. The molecule has 1 aliphatic carbocycles. The molecule has 1 aliphatic heterocycles. The quantitative estimate of drug-likeness (QED) is 0.552. The van der Waals surface area contributed by atoms with Crippen molar-refractivity contribution in [3.05, 3.63) is 75.4 Å². The van der Waals surface area contributed by atoms with Gasteiger partial charge in [0.05, 0.1) is 28.3 Å². The summed E-state index contributed by atoms with van der Waals surface area (Å²) in [4.78, 5) is 13.8. The smallest absolute Gasteiger partial charge is 0.236 e. The van der Waals surface area contributed by atoms with E-state index in [-0.39, 0.29) is 5.91 Å². The Morgan fingerprint density at radius 3 is 2.48 bits per heavy atom. The SMILES string of the molecule is O=C(Nc1c2c(nn1-c1cccc(Cl)c1)CS(=O)C2)C1(c2ccc(Cl)cc2)CCCC1. The van der Waals surface area contributed by atoms with Gasteiger partial charge in [0.1, 0.15) is 5.82 Å². The Bertz CT molecular complexity index is 1180. The Kier molecular flexibility index (Phi) is 5.40. The van der Waals surface area contributed by atoms with E-state index in [2.05, 4.69) is 10.4 Å². The minimum Gasteiger partial charge on any atom is -0.310 e. The monoisotopic (exact) mass is 473 g/mol. The van der Waals surface area contributed by atoms with Crippen molar-refractivity contribution in [2.24, 2.45) is 0 Å². The molecule has 1 fully saturated rings. The first-order chi connectivity index (χ1) is 15.0. The van der Waals surface area contributed by atoms with Gasteiger partial charge in [0, 0.05) is 26.4 Å². The third-order valence-electron chi connectivity index (χ3n) is 6.24. The standard InChI is InChI=1S/C23H21Cl2N3O2S/c24-16-8-6-15(7-9-16)23(10-1-2-11-23)22(29)26-21-19-13-31(30)14-20(19)27-28(21)18-5-3-4-17(25)12-18/h3-9,12H,1-2,10-11,13-14H2,(H,26,29). The van der Waals surface area contributed by atoms with Crippen LogP contribution in [-0.2, 0) is 32.5 Å². The first-order valence-electron chi connectivity index (χ1n) is 10.3. The van der Waals surface area contributed by atoms with Gasteiger partial charge in [-0.2, -0.15) is 5.10 Å². The van der Waals surface area contributed by atoms with Crippen molar-refractivity contribution in [2.75, 3.05) is 5.32 Å². The van der Waals surface area contributed by atoms with Crippen LogP contribution in [0.4, 0.5) is 5.82 Å². The molecule has 160 valence electrons. The number of nitrogens with zero attached hydrogens (tertiary/aromatic N) is 2. The van der Waals surface area contributed by atoms with Gasteiger partial charge in [-0.05, 0) is 48.7 Å². The molecule has 8 heteroatoms. The average Bonchev–Trinajstić information content (AvgIpc) is 3.45. The number of hydrogen-bond acceptors (Lipinski definition) is 3. The third kappa shape index (κ3) is 3.71. The number of anilines is 1. The average molecular weight is 474 g/mol. The van der Waals surface area contributed by atoms with Gasteiger partial charge in [-0.1, -0.05) is 54.2 Å². The summed E-state index contributed by atoms with van der Waals surface area (Å²) in [5.74, 6) is 1.32. The molecule has 1 atom stereocenters. The zero-order valence-corrected chi connectivity index (χ0v) is 19.1. The Balaban J connectivity index is 1.56. The van der Waals surface area contributed by atoms with Gasteiger partial charge in [-0.15, -0.1) is 0 Å². The zero-order valence-electron chi connectivity index (χ0n) is 16.7. The number of amides is 1. The van der Waals surface area contributed by atoms with E-state index in [9.17, 15) is 9.00 Å². The van der Waals surface area contributed by atoms with Gasteiger partial charge < -0.3 is 5.32 Å². The maximum absolute atomic E-state index is 13.8. The molecule has 1 aromatic heterocycles. The second kappa shape index (κ2) is 8.08. The fraction of sp³-hybridized carbons (Fsp3) is 0.304. The summed E-state index contributed by atoms with van der Waals surface area (Å²) in [5, 5.41) is 9.08. The highest BCUT2D eigenvalue weighted by Crippen LogP contribution is 2.43. The number of halogens is 2. The number of benzene rings is 2. The van der Waals surface area contributed by atoms with Crippen LogP contribution in [0.3, 0.4) is 0 Å². The molecule has 2 heterocycles. The van der Waals surface area contributed by atoms with Crippen LogP contribution < -0.4 is 5.32 Å². The molecule has 1 N–H and O–H groups in total. The third-order valence-corrected chi connectivity index (χ3v) is 7.94. The molecule has 0 saturated heterocycles. The van der Waals surface area contributed by atoms with Gasteiger partial charge in [-0.25, -0.2) is 4.68 Å². The summed E-state index contributed by atoms with van der Waals surface area (Å²) in [6.07, 6.45) is 3.54. The highest BCUT2D eigenvalue weighted by molar-refractivity contribution is 7.83. The molecular weight excluding hydrogens is 453 g/mol. The molecule has 1 amide bonds. The molecule has 31 heavy (non-hydrogen) atoms. The van der Waals surface area contributed by atoms with E-state index in [4.69, 9.17) is 23.2 Å². The minimum atomic E-state index is -1.00. The van der Waals surface area contributed by atoms with Crippen LogP contribution in [0, 0.1) is 0 Å². The maximum Gasteiger partial charge on any atom is 0.236 e. The minimum absolute atomic E-state index is 0.0593. The van der Waals surface area contributed by atoms with Crippen molar-refractivity contribution in [1.29, 1.82) is 0 Å². The molecule has 5 nitrogen and oxygen atoms in total. The fourth-order valence-electron chi connectivity index (χ4n) is 4.67. The van der Waals surface area contributed by atoms with Crippen molar-refractivity contribution < 1.29 is 9.00 Å². The number of hydrogen-bond donors (Lipinski definition) is 1. The predicted octanol–water partition coefficient (Wildman–Crippen LogP) is 5.39. The van der Waals surface area contributed by atoms with Crippen LogP contribution in [0.2, 0.25) is 10.0 Å². The molecule has 0 bridgehead atoms. The lowest BCUT2D eigenvalue weighted by Gasteiger charge is -2.28. The van der Waals surface area contributed by atoms with Crippen LogP contribution in [0.1, 0.15) is 42.5 Å². The van der Waals surface area contributed by atoms with Crippen molar-refractivity contribution in [3.8, 4) is 5.69 Å². The van der Waals surface area contributed by atoms with Crippen molar-refractivity contribution >= 4 is 45.7 Å². The van der Waals surface area contributed by atoms with Gasteiger partial charge in [0.25, 0.3) is 0 Å². The van der Waals surface area contributed by atoms with Crippen molar-refractivity contribution in [2.45, 2.75) is 42.6 Å². The van der Waals surface area contributed by atoms with Crippen LogP contribution in [0.25, 0.3) is 5.69 Å². The van der Waals surface area contributed by atoms with E-state index in [0.29, 0.717) is 27.4 Å². The fourth-order valence-corrected chi connectivity index (χ4v) is 6.25. The second-order valence-corrected chi connectivity index (χ2v) is 10.5. The molecule has 5 rings (SSSR count). The molecule has 2 aliphatic rings. The van der Waals surface area contributed by atoms with Crippen molar-refractivity contribution in [3.63, 3.8) is 0 Å². The van der Waals surface area contributed by atoms with Gasteiger partial charge in [0.2, 0.25) is 5.91 Å². The zero-order chi connectivity index (χ0) is 21.6. The lowest BCUT2D eigenvalue weighted by molar-refractivity contribution is -0.121. The number of aromatic nitrogens is 2. The van der Waals surface area contributed by atoms with Crippen LogP contribution in [0.5, 0.6) is 0 Å². The van der Waals surface area contributed by atoms with E-state index < -0.39 is 16.2 Å². The van der Waals surface area contributed by atoms with Crippen LogP contribution in [-0.4, -0.2) is 19.9 Å². The number of nitrogens with one attached hydrogen (secondary N) is 1. The molecule has 0 radical (unpaired) electrons. The highest BCUT2D eigenvalue weighted by Gasteiger charge is 2.43. The molecule has 2 aromatic carbocycles. The Morgan fingerprint density at radius 1 is 1.03 bits per heavy atom. The largest absolute Gasteiger partial charge is 0.310 e. The number of fused-ring (bicyclic) bond motifs is 1. The lowest BCUT2D eigenvalue weighted by atomic mass is 9.78. The van der Waals surface area contributed by atoms with Gasteiger partial charge >= 0.3 is 0 Å². The lowest BCUT2D eigenvalue weighted by Crippen LogP contribution is -2.38. The number of rotatable bonds is 4. The van der Waals surface area contributed by atoms with Crippen LogP contribution in [0.15, 0.2) is 48.5 Å². The van der Waals surface area contributed by atoms with Gasteiger partial charge in [0.15, 0.2) is 0 Å². The summed E-state index contributed by atoms with van der Waals surface area (Å²) in [6, 6.07) is 14.9. The Labute approximate surface area is 193 Å². The van der Waals surface area contributed by atoms with E-state index >= 15 is 0 Å². The maximum atomic E-state index is 13.8. The van der Waals surface area contributed by atoms with E-state index in [1.165, 1.54) is 0 Å². The summed E-state index contributed by atoms with van der Waals surface area (Å²) in [6.45, 7) is 0. The summed E-state index contributed by atoms with van der Waals surface area (Å²) in [7, 11) is -1.00. The summed E-state index contributed by atoms with van der Waals surface area (Å²) < 4.78 is 13.9. The first-order valence-corrected chi connectivity index (χ1v) is 12.5. The molecule has 1 saturated carbocycles. The second-order valence-electron chi connectivity index (χ2n) is 8.14. The van der Waals surface area contributed by atoms with E-state index in [0.717, 1.165) is 48.2 Å². The Hall–Kier alpha value is -2.15. The van der Waals surface area contributed by atoms with Crippen LogP contribution >= 0.6 is 23.2 Å². The predicted molar refractivity (Wildman–Crippen MR) is 124 cm³/mol. The first kappa shape index (κ1) is 20.7. The molecule has 1 unspecified atom stereocenters. The van der Waals surface area contributed by atoms with E-state index in [1.807, 2.05) is 36.4 Å². The summed E-state index contributed by atoms with van der Waals surface area (Å²) in [5.41, 5.74) is 2.73. The van der Waals surface area contributed by atoms with E-state index in [1.54, 1.807) is 16.8 Å². The number of carbonyl (C=O) groups is 1.